The van der Waals surface area contributed by atoms with Crippen molar-refractivity contribution in [3.8, 4) is 5.88 Å². The van der Waals surface area contributed by atoms with Gasteiger partial charge in [-0.05, 0) is 36.4 Å². The largest absolute Gasteiger partial charge is 0.478 e. The highest BCUT2D eigenvalue weighted by Crippen LogP contribution is 2.22. The lowest BCUT2D eigenvalue weighted by Gasteiger charge is -2.10. The molecular weight excluding hydrogens is 394 g/mol. The topological polar surface area (TPSA) is 123 Å². The highest BCUT2D eigenvalue weighted by atomic mass is 32.2. The second-order valence-electron chi connectivity index (χ2n) is 5.63. The first-order valence-electron chi connectivity index (χ1n) is 8.35. The molecule has 10 heteroatoms. The molecule has 0 aliphatic carbocycles. The van der Waals surface area contributed by atoms with E-state index in [-0.39, 0.29) is 22.4 Å². The number of carbonyl (C=O) groups is 1. The van der Waals surface area contributed by atoms with Crippen LogP contribution in [0.4, 0.5) is 11.5 Å². The van der Waals surface area contributed by atoms with Gasteiger partial charge in [-0.3, -0.25) is 14.5 Å². The molecule has 0 radical (unpaired) electrons. The van der Waals surface area contributed by atoms with Gasteiger partial charge < -0.3 is 10.1 Å². The first-order chi connectivity index (χ1) is 14.0. The van der Waals surface area contributed by atoms with Crippen LogP contribution >= 0.6 is 0 Å². The van der Waals surface area contributed by atoms with Gasteiger partial charge in [0.15, 0.2) is 5.78 Å². The SMILES string of the molecule is COc1nccnc1NS(=O)(=O)c1ccc(NC=CC(=O)c2cccnc2)cc1. The zero-order valence-corrected chi connectivity index (χ0v) is 16.1. The third-order valence-electron chi connectivity index (χ3n) is 3.68. The zero-order valence-electron chi connectivity index (χ0n) is 15.3. The molecule has 0 saturated heterocycles. The number of rotatable bonds is 8. The molecular formula is C19H17N5O4S. The molecule has 2 N–H and O–H groups in total. The van der Waals surface area contributed by atoms with E-state index < -0.39 is 10.0 Å². The maximum Gasteiger partial charge on any atom is 0.263 e. The number of ketones is 1. The van der Waals surface area contributed by atoms with Crippen LogP contribution < -0.4 is 14.8 Å². The Labute approximate surface area is 167 Å². The predicted octanol–water partition coefficient (Wildman–Crippen LogP) is 2.49. The summed E-state index contributed by atoms with van der Waals surface area (Å²) in [6, 6.07) is 9.33. The van der Waals surface area contributed by atoms with Crippen molar-refractivity contribution >= 4 is 27.3 Å². The maximum absolute atomic E-state index is 12.5. The van der Waals surface area contributed by atoms with Crippen LogP contribution in [0, 0.1) is 0 Å². The Balaban J connectivity index is 1.66. The molecule has 0 aliphatic rings. The Morgan fingerprint density at radius 2 is 1.83 bits per heavy atom. The third kappa shape index (κ3) is 5.14. The number of nitrogens with zero attached hydrogens (tertiary/aromatic N) is 3. The normalized spacial score (nSPS) is 11.2. The van der Waals surface area contributed by atoms with Crippen molar-refractivity contribution in [2.45, 2.75) is 4.90 Å². The lowest BCUT2D eigenvalue weighted by molar-refractivity contribution is 0.104. The molecule has 0 fully saturated rings. The van der Waals surface area contributed by atoms with Crippen LogP contribution in [0.25, 0.3) is 0 Å². The number of hydrogen-bond acceptors (Lipinski definition) is 8. The molecule has 1 aromatic carbocycles. The number of pyridine rings is 1. The fraction of sp³-hybridized carbons (Fsp3) is 0.0526. The molecule has 0 saturated carbocycles. The molecule has 0 amide bonds. The van der Waals surface area contributed by atoms with Crippen LogP contribution in [0.3, 0.4) is 0 Å². The molecule has 3 aromatic rings. The Morgan fingerprint density at radius 3 is 2.52 bits per heavy atom. The van der Waals surface area contributed by atoms with Crippen LogP contribution in [-0.4, -0.2) is 36.3 Å². The van der Waals surface area contributed by atoms with Crippen molar-refractivity contribution in [2.75, 3.05) is 17.1 Å². The van der Waals surface area contributed by atoms with E-state index in [9.17, 15) is 13.2 Å². The van der Waals surface area contributed by atoms with Gasteiger partial charge >= 0.3 is 0 Å². The summed E-state index contributed by atoms with van der Waals surface area (Å²) in [5.74, 6) is -0.140. The van der Waals surface area contributed by atoms with Gasteiger partial charge in [0, 0.05) is 48.3 Å². The molecule has 0 unspecified atom stereocenters. The Kier molecular flexibility index (Phi) is 6.15. The van der Waals surface area contributed by atoms with Crippen molar-refractivity contribution in [2.24, 2.45) is 0 Å². The van der Waals surface area contributed by atoms with Crippen molar-refractivity contribution in [3.63, 3.8) is 0 Å². The summed E-state index contributed by atoms with van der Waals surface area (Å²) in [4.78, 5) is 23.7. The molecule has 0 aliphatic heterocycles. The quantitative estimate of drug-likeness (QED) is 0.428. The fourth-order valence-electron chi connectivity index (χ4n) is 2.28. The lowest BCUT2D eigenvalue weighted by atomic mass is 10.2. The van der Waals surface area contributed by atoms with Crippen molar-refractivity contribution in [1.29, 1.82) is 0 Å². The van der Waals surface area contributed by atoms with Gasteiger partial charge in [0.25, 0.3) is 15.9 Å². The number of aromatic nitrogens is 3. The standard InChI is InChI=1S/C19H17N5O4S/c1-28-19-18(22-11-12-23-19)24-29(26,27)16-6-4-15(5-7-16)21-10-8-17(25)14-3-2-9-20-13-14/h2-13,21H,1H3,(H,22,24). The molecule has 0 spiro atoms. The number of hydrogen-bond donors (Lipinski definition) is 2. The first-order valence-corrected chi connectivity index (χ1v) is 9.83. The van der Waals surface area contributed by atoms with E-state index in [2.05, 4.69) is 25.0 Å². The molecule has 9 nitrogen and oxygen atoms in total. The Morgan fingerprint density at radius 1 is 1.07 bits per heavy atom. The van der Waals surface area contributed by atoms with Gasteiger partial charge in [-0.25, -0.2) is 18.4 Å². The van der Waals surface area contributed by atoms with E-state index in [0.29, 0.717) is 11.3 Å². The highest BCUT2D eigenvalue weighted by molar-refractivity contribution is 7.92. The summed E-state index contributed by atoms with van der Waals surface area (Å²) >= 11 is 0. The second-order valence-corrected chi connectivity index (χ2v) is 7.31. The molecule has 148 valence electrons. The average molecular weight is 411 g/mol. The van der Waals surface area contributed by atoms with Crippen molar-refractivity contribution < 1.29 is 17.9 Å². The maximum atomic E-state index is 12.5. The van der Waals surface area contributed by atoms with Gasteiger partial charge in [-0.15, -0.1) is 0 Å². The van der Waals surface area contributed by atoms with E-state index in [4.69, 9.17) is 4.74 Å². The molecule has 0 bridgehead atoms. The van der Waals surface area contributed by atoms with Gasteiger partial charge in [-0.1, -0.05) is 0 Å². The molecule has 3 rings (SSSR count). The minimum Gasteiger partial charge on any atom is -0.478 e. The van der Waals surface area contributed by atoms with E-state index in [1.165, 1.54) is 50.1 Å². The van der Waals surface area contributed by atoms with E-state index in [1.54, 1.807) is 30.5 Å². The number of nitrogens with one attached hydrogen (secondary N) is 2. The first kappa shape index (κ1) is 20.0. The number of sulfonamides is 1. The van der Waals surface area contributed by atoms with Crippen LogP contribution in [0.5, 0.6) is 5.88 Å². The zero-order chi connectivity index (χ0) is 20.7. The van der Waals surface area contributed by atoms with Gasteiger partial charge in [0.1, 0.15) is 0 Å². The fourth-order valence-corrected chi connectivity index (χ4v) is 3.29. The minimum absolute atomic E-state index is 0.00551. The molecule has 2 aromatic heterocycles. The molecule has 0 atom stereocenters. The Hall–Kier alpha value is -3.79. The van der Waals surface area contributed by atoms with Gasteiger partial charge in [0.05, 0.1) is 12.0 Å². The molecule has 2 heterocycles. The number of ether oxygens (including phenoxy) is 1. The van der Waals surface area contributed by atoms with Crippen LogP contribution in [-0.2, 0) is 10.0 Å². The predicted molar refractivity (Wildman–Crippen MR) is 107 cm³/mol. The Bertz CT molecular complexity index is 1120. The van der Waals surface area contributed by atoms with E-state index >= 15 is 0 Å². The van der Waals surface area contributed by atoms with Crippen molar-refractivity contribution in [1.82, 2.24) is 15.0 Å². The van der Waals surface area contributed by atoms with Crippen molar-refractivity contribution in [3.05, 3.63) is 79.0 Å². The van der Waals surface area contributed by atoms with Gasteiger partial charge in [-0.2, -0.15) is 0 Å². The van der Waals surface area contributed by atoms with Gasteiger partial charge in [0.2, 0.25) is 5.82 Å². The van der Waals surface area contributed by atoms with Crippen LogP contribution in [0.2, 0.25) is 0 Å². The van der Waals surface area contributed by atoms with E-state index in [0.717, 1.165) is 0 Å². The summed E-state index contributed by atoms with van der Waals surface area (Å²) < 4.78 is 32.4. The third-order valence-corrected chi connectivity index (χ3v) is 5.04. The monoisotopic (exact) mass is 411 g/mol. The minimum atomic E-state index is -3.87. The second kappa shape index (κ2) is 8.93. The number of methoxy groups -OCH3 is 1. The molecule has 29 heavy (non-hydrogen) atoms. The van der Waals surface area contributed by atoms with E-state index in [1.807, 2.05) is 0 Å². The number of benzene rings is 1. The average Bonchev–Trinajstić information content (AvgIpc) is 2.75. The lowest BCUT2D eigenvalue weighted by Crippen LogP contribution is -2.15. The highest BCUT2D eigenvalue weighted by Gasteiger charge is 2.17. The summed E-state index contributed by atoms with van der Waals surface area (Å²) in [7, 11) is -2.50. The number of anilines is 2. The summed E-state index contributed by atoms with van der Waals surface area (Å²) in [5, 5.41) is 2.91. The number of allylic oxidation sites excluding steroid dienone is 1. The summed E-state index contributed by atoms with van der Waals surface area (Å²) in [6.07, 6.45) is 8.65. The van der Waals surface area contributed by atoms with Crippen LogP contribution in [0.15, 0.2) is 78.4 Å². The summed E-state index contributed by atoms with van der Waals surface area (Å²) in [5.41, 5.74) is 1.08. The number of carbonyl (C=O) groups excluding carboxylic acids is 1. The van der Waals surface area contributed by atoms with Crippen LogP contribution in [0.1, 0.15) is 10.4 Å². The summed E-state index contributed by atoms with van der Waals surface area (Å²) in [6.45, 7) is 0. The smallest absolute Gasteiger partial charge is 0.263 e.